The van der Waals surface area contributed by atoms with E-state index in [4.69, 9.17) is 4.74 Å². The van der Waals surface area contributed by atoms with E-state index in [2.05, 4.69) is 10.3 Å². The number of ether oxygens (including phenoxy) is 1. The van der Waals surface area contributed by atoms with Gasteiger partial charge in [0.05, 0.1) is 7.11 Å². The van der Waals surface area contributed by atoms with Crippen molar-refractivity contribution in [2.75, 3.05) is 13.7 Å². The Morgan fingerprint density at radius 2 is 2.10 bits per heavy atom. The van der Waals surface area contributed by atoms with Crippen LogP contribution in [-0.4, -0.2) is 18.6 Å². The van der Waals surface area contributed by atoms with Gasteiger partial charge < -0.3 is 10.1 Å². The highest BCUT2D eigenvalue weighted by atomic mass is 19.1. The number of hydrogen-bond acceptors (Lipinski definition) is 3. The molecule has 1 aromatic heterocycles. The number of halogens is 1. The van der Waals surface area contributed by atoms with Crippen molar-refractivity contribution in [1.29, 1.82) is 0 Å². The number of likely N-dealkylation sites (N-methyl/N-ethyl adjacent to an activating group) is 1. The monoisotopic (exact) mass is 274 g/mol. The first kappa shape index (κ1) is 14.5. The maximum absolute atomic E-state index is 14.2. The third-order valence-electron chi connectivity index (χ3n) is 3.17. The molecule has 0 aliphatic heterocycles. The molecule has 0 saturated carbocycles. The largest absolute Gasteiger partial charge is 0.496 e. The average Bonchev–Trinajstić information content (AvgIpc) is 2.47. The summed E-state index contributed by atoms with van der Waals surface area (Å²) in [5, 5.41) is 3.30. The molecule has 20 heavy (non-hydrogen) atoms. The van der Waals surface area contributed by atoms with Crippen molar-refractivity contribution in [1.82, 2.24) is 10.3 Å². The molecule has 0 amide bonds. The van der Waals surface area contributed by atoms with E-state index in [0.29, 0.717) is 17.7 Å². The Hall–Kier alpha value is -1.94. The van der Waals surface area contributed by atoms with Gasteiger partial charge in [-0.1, -0.05) is 19.1 Å². The molecule has 4 heteroatoms. The lowest BCUT2D eigenvalue weighted by atomic mass is 9.99. The minimum Gasteiger partial charge on any atom is -0.496 e. The fourth-order valence-electron chi connectivity index (χ4n) is 2.28. The minimum atomic E-state index is -0.258. The van der Waals surface area contributed by atoms with Gasteiger partial charge in [0.15, 0.2) is 0 Å². The number of rotatable bonds is 6. The quantitative estimate of drug-likeness (QED) is 0.878. The second-order valence-corrected chi connectivity index (χ2v) is 4.49. The second-order valence-electron chi connectivity index (χ2n) is 4.49. The summed E-state index contributed by atoms with van der Waals surface area (Å²) < 4.78 is 19.5. The number of hydrogen-bond donors (Lipinski definition) is 1. The Kier molecular flexibility index (Phi) is 5.07. The molecule has 0 aliphatic rings. The van der Waals surface area contributed by atoms with Crippen molar-refractivity contribution in [2.45, 2.75) is 19.4 Å². The fourth-order valence-corrected chi connectivity index (χ4v) is 2.28. The predicted octanol–water partition coefficient (Wildman–Crippen LogP) is 3.12. The maximum atomic E-state index is 14.2. The topological polar surface area (TPSA) is 34.2 Å². The molecular weight excluding hydrogens is 255 g/mol. The second kappa shape index (κ2) is 7.01. The van der Waals surface area contributed by atoms with Crippen LogP contribution in [0.1, 0.15) is 24.2 Å². The lowest BCUT2D eigenvalue weighted by Crippen LogP contribution is -2.25. The van der Waals surface area contributed by atoms with Gasteiger partial charge in [0.1, 0.15) is 11.6 Å². The lowest BCUT2D eigenvalue weighted by Gasteiger charge is -2.21. The number of nitrogens with zero attached hydrogens (tertiary/aromatic N) is 1. The maximum Gasteiger partial charge on any atom is 0.131 e. The summed E-state index contributed by atoms with van der Waals surface area (Å²) in [5.74, 6) is 0.304. The number of pyridine rings is 1. The van der Waals surface area contributed by atoms with Gasteiger partial charge in [-0.15, -0.1) is 0 Å². The van der Waals surface area contributed by atoms with E-state index in [0.717, 1.165) is 12.2 Å². The van der Waals surface area contributed by atoms with Gasteiger partial charge >= 0.3 is 0 Å². The third-order valence-corrected chi connectivity index (χ3v) is 3.17. The van der Waals surface area contributed by atoms with Crippen molar-refractivity contribution < 1.29 is 9.13 Å². The zero-order valence-electron chi connectivity index (χ0n) is 11.8. The molecule has 0 spiro atoms. The molecule has 0 fully saturated rings. The molecular formula is C16H19FN2O. The highest BCUT2D eigenvalue weighted by Gasteiger charge is 2.20. The van der Waals surface area contributed by atoms with E-state index in [1.165, 1.54) is 6.07 Å². The van der Waals surface area contributed by atoms with E-state index in [-0.39, 0.29) is 11.9 Å². The standard InChI is InChI=1S/C16H19FN2O/c1-3-18-14(11-12-7-4-5-10-19-12)16-13(17)8-6-9-15(16)20-2/h4-10,14,18H,3,11H2,1-2H3. The van der Waals surface area contributed by atoms with Crippen molar-refractivity contribution in [3.8, 4) is 5.75 Å². The summed E-state index contributed by atoms with van der Waals surface area (Å²) in [6, 6.07) is 10.5. The van der Waals surface area contributed by atoms with E-state index >= 15 is 0 Å². The molecule has 1 N–H and O–H groups in total. The Labute approximate surface area is 118 Å². The van der Waals surface area contributed by atoms with E-state index in [9.17, 15) is 4.39 Å². The van der Waals surface area contributed by atoms with E-state index in [1.807, 2.05) is 25.1 Å². The van der Waals surface area contributed by atoms with Crippen molar-refractivity contribution in [3.05, 3.63) is 59.7 Å². The summed E-state index contributed by atoms with van der Waals surface area (Å²) in [5.41, 5.74) is 1.48. The van der Waals surface area contributed by atoms with Crippen molar-refractivity contribution in [3.63, 3.8) is 0 Å². The molecule has 0 saturated heterocycles. The molecule has 0 radical (unpaired) electrons. The fraction of sp³-hybridized carbons (Fsp3) is 0.312. The van der Waals surface area contributed by atoms with Crippen LogP contribution in [0, 0.1) is 5.82 Å². The van der Waals surface area contributed by atoms with Gasteiger partial charge in [-0.2, -0.15) is 0 Å². The van der Waals surface area contributed by atoms with Crippen LogP contribution < -0.4 is 10.1 Å². The summed E-state index contributed by atoms with van der Waals surface area (Å²) in [7, 11) is 1.56. The normalized spacial score (nSPS) is 12.2. The zero-order valence-corrected chi connectivity index (χ0v) is 11.8. The molecule has 1 aromatic carbocycles. The van der Waals surface area contributed by atoms with Gasteiger partial charge in [0.2, 0.25) is 0 Å². The number of benzene rings is 1. The van der Waals surface area contributed by atoms with Gasteiger partial charge in [-0.3, -0.25) is 4.98 Å². The summed E-state index contributed by atoms with van der Waals surface area (Å²) >= 11 is 0. The number of nitrogens with one attached hydrogen (secondary N) is 1. The average molecular weight is 274 g/mol. The van der Waals surface area contributed by atoms with Crippen LogP contribution in [0.15, 0.2) is 42.6 Å². The molecule has 0 bridgehead atoms. The molecule has 0 aliphatic carbocycles. The Morgan fingerprint density at radius 3 is 2.75 bits per heavy atom. The Balaban J connectivity index is 2.33. The summed E-state index contributed by atoms with van der Waals surface area (Å²) in [6.45, 7) is 2.74. The molecule has 1 atom stereocenters. The molecule has 3 nitrogen and oxygen atoms in total. The van der Waals surface area contributed by atoms with Gasteiger partial charge in [-0.05, 0) is 30.8 Å². The first-order valence-electron chi connectivity index (χ1n) is 6.72. The van der Waals surface area contributed by atoms with Crippen LogP contribution in [-0.2, 0) is 6.42 Å². The molecule has 1 unspecified atom stereocenters. The first-order valence-corrected chi connectivity index (χ1v) is 6.72. The number of methoxy groups -OCH3 is 1. The van der Waals surface area contributed by atoms with Crippen molar-refractivity contribution >= 4 is 0 Å². The van der Waals surface area contributed by atoms with Gasteiger partial charge in [0, 0.05) is 29.9 Å². The summed E-state index contributed by atoms with van der Waals surface area (Å²) in [6.07, 6.45) is 2.36. The summed E-state index contributed by atoms with van der Waals surface area (Å²) in [4.78, 5) is 4.31. The van der Waals surface area contributed by atoms with Gasteiger partial charge in [-0.25, -0.2) is 4.39 Å². The van der Waals surface area contributed by atoms with Crippen LogP contribution in [0.2, 0.25) is 0 Å². The van der Waals surface area contributed by atoms with Gasteiger partial charge in [0.25, 0.3) is 0 Å². The highest BCUT2D eigenvalue weighted by Crippen LogP contribution is 2.29. The molecule has 1 heterocycles. The lowest BCUT2D eigenvalue weighted by molar-refractivity contribution is 0.390. The Morgan fingerprint density at radius 1 is 1.25 bits per heavy atom. The zero-order chi connectivity index (χ0) is 14.4. The van der Waals surface area contributed by atoms with Crippen LogP contribution in [0.25, 0.3) is 0 Å². The molecule has 2 aromatic rings. The van der Waals surface area contributed by atoms with Crippen LogP contribution in [0.4, 0.5) is 4.39 Å². The third kappa shape index (κ3) is 3.33. The minimum absolute atomic E-state index is 0.161. The number of aromatic nitrogens is 1. The first-order chi connectivity index (χ1) is 9.76. The van der Waals surface area contributed by atoms with E-state index in [1.54, 1.807) is 25.4 Å². The predicted molar refractivity (Wildman–Crippen MR) is 77.3 cm³/mol. The molecule has 106 valence electrons. The van der Waals surface area contributed by atoms with Crippen molar-refractivity contribution in [2.24, 2.45) is 0 Å². The van der Waals surface area contributed by atoms with Crippen LogP contribution in [0.5, 0.6) is 5.75 Å². The smallest absolute Gasteiger partial charge is 0.131 e. The van der Waals surface area contributed by atoms with E-state index < -0.39 is 0 Å². The Bertz CT molecular complexity index is 545. The van der Waals surface area contributed by atoms with Crippen LogP contribution >= 0.6 is 0 Å². The van der Waals surface area contributed by atoms with Crippen LogP contribution in [0.3, 0.4) is 0 Å². The molecule has 2 rings (SSSR count). The SMILES string of the molecule is CCNC(Cc1ccccn1)c1c(F)cccc1OC. The highest BCUT2D eigenvalue weighted by molar-refractivity contribution is 5.38.